The predicted molar refractivity (Wildman–Crippen MR) is 75.7 cm³/mol. The zero-order valence-corrected chi connectivity index (χ0v) is 11.8. The molecule has 0 spiro atoms. The summed E-state index contributed by atoms with van der Waals surface area (Å²) in [7, 11) is 0. The fourth-order valence-corrected chi connectivity index (χ4v) is 2.38. The molecular weight excluding hydrogens is 256 g/mol. The zero-order valence-electron chi connectivity index (χ0n) is 10.2. The van der Waals surface area contributed by atoms with Crippen molar-refractivity contribution in [1.82, 2.24) is 9.97 Å². The largest absolute Gasteiger partial charge is 0.395 e. The second kappa shape index (κ2) is 6.93. The number of aliphatic hydroxyl groups excluding tert-OH is 1. The normalized spacial score (nSPS) is 14.4. The predicted octanol–water partition coefficient (Wildman–Crippen LogP) is 1.30. The molecule has 0 aromatic carbocycles. The Morgan fingerprint density at radius 3 is 2.71 bits per heavy atom. The van der Waals surface area contributed by atoms with Crippen LogP contribution < -0.4 is 11.1 Å². The van der Waals surface area contributed by atoms with Crippen molar-refractivity contribution in [2.75, 3.05) is 30.2 Å². The molecule has 0 aliphatic carbocycles. The lowest BCUT2D eigenvalue weighted by Gasteiger charge is -2.21. The molecule has 0 saturated heterocycles. The number of nitrogens with zero attached hydrogens (tertiary/aromatic N) is 2. The van der Waals surface area contributed by atoms with Crippen LogP contribution in [0.1, 0.15) is 6.92 Å². The van der Waals surface area contributed by atoms with Crippen molar-refractivity contribution in [3.63, 3.8) is 0 Å². The van der Waals surface area contributed by atoms with Gasteiger partial charge in [-0.05, 0) is 19.4 Å². The van der Waals surface area contributed by atoms with Crippen LogP contribution in [0.15, 0.2) is 11.2 Å². The molecule has 0 aliphatic rings. The Hall–Kier alpha value is -0.660. The van der Waals surface area contributed by atoms with Gasteiger partial charge in [-0.2, -0.15) is 11.8 Å². The van der Waals surface area contributed by atoms with Gasteiger partial charge in [-0.25, -0.2) is 9.97 Å². The first kappa shape index (κ1) is 14.4. The third-order valence-corrected chi connectivity index (χ3v) is 4.03. The minimum absolute atomic E-state index is 0.110. The SMILES string of the molecule is CSc1nc(N)cc(NC(C)C(CO)SC)n1. The highest BCUT2D eigenvalue weighted by Gasteiger charge is 2.15. The molecule has 2 atom stereocenters. The number of anilines is 2. The van der Waals surface area contributed by atoms with Crippen LogP contribution in [0.3, 0.4) is 0 Å². The third kappa shape index (κ3) is 4.25. The van der Waals surface area contributed by atoms with Crippen LogP contribution in [0.5, 0.6) is 0 Å². The summed E-state index contributed by atoms with van der Waals surface area (Å²) in [5, 5.41) is 13.2. The number of hydrogen-bond donors (Lipinski definition) is 3. The fourth-order valence-electron chi connectivity index (χ4n) is 1.37. The summed E-state index contributed by atoms with van der Waals surface area (Å²) in [5.41, 5.74) is 5.69. The molecule has 0 saturated carbocycles. The Morgan fingerprint density at radius 1 is 1.47 bits per heavy atom. The summed E-state index contributed by atoms with van der Waals surface area (Å²) in [5.74, 6) is 1.14. The Labute approximate surface area is 110 Å². The summed E-state index contributed by atoms with van der Waals surface area (Å²) < 4.78 is 0. The summed E-state index contributed by atoms with van der Waals surface area (Å²) in [6, 6.07) is 1.81. The standard InChI is InChI=1S/C10H18N4OS2/c1-6(7(5-15)16-2)12-9-4-8(11)13-10(14-9)17-3/h4,6-7,15H,5H2,1-3H3,(H3,11,12,13,14). The molecule has 1 aromatic heterocycles. The first-order valence-corrected chi connectivity index (χ1v) is 7.70. The van der Waals surface area contributed by atoms with Crippen molar-refractivity contribution in [1.29, 1.82) is 0 Å². The highest BCUT2D eigenvalue weighted by Crippen LogP contribution is 2.18. The maximum atomic E-state index is 9.21. The first-order chi connectivity index (χ1) is 8.10. The highest BCUT2D eigenvalue weighted by molar-refractivity contribution is 7.99. The lowest BCUT2D eigenvalue weighted by Crippen LogP contribution is -2.31. The second-order valence-corrected chi connectivity index (χ2v) is 5.40. The molecule has 5 nitrogen and oxygen atoms in total. The van der Waals surface area contributed by atoms with E-state index in [2.05, 4.69) is 15.3 Å². The lowest BCUT2D eigenvalue weighted by molar-refractivity contribution is 0.288. The van der Waals surface area contributed by atoms with Crippen molar-refractivity contribution in [2.45, 2.75) is 23.4 Å². The van der Waals surface area contributed by atoms with Gasteiger partial charge in [0.15, 0.2) is 5.16 Å². The van der Waals surface area contributed by atoms with Gasteiger partial charge in [0.1, 0.15) is 11.6 Å². The van der Waals surface area contributed by atoms with Gasteiger partial charge in [0.25, 0.3) is 0 Å². The minimum Gasteiger partial charge on any atom is -0.395 e. The number of aromatic nitrogens is 2. The van der Waals surface area contributed by atoms with E-state index >= 15 is 0 Å². The molecular formula is C10H18N4OS2. The Bertz CT molecular complexity index is 360. The smallest absolute Gasteiger partial charge is 0.191 e. The molecule has 17 heavy (non-hydrogen) atoms. The van der Waals surface area contributed by atoms with Gasteiger partial charge >= 0.3 is 0 Å². The van der Waals surface area contributed by atoms with Crippen LogP contribution in [0, 0.1) is 0 Å². The van der Waals surface area contributed by atoms with Crippen molar-refractivity contribution in [3.05, 3.63) is 6.07 Å². The second-order valence-electron chi connectivity index (χ2n) is 3.55. The molecule has 7 heteroatoms. The minimum atomic E-state index is 0.110. The number of rotatable bonds is 6. The van der Waals surface area contributed by atoms with Gasteiger partial charge in [-0.15, -0.1) is 0 Å². The number of thioether (sulfide) groups is 2. The van der Waals surface area contributed by atoms with E-state index in [0.29, 0.717) is 16.8 Å². The molecule has 0 radical (unpaired) electrons. The van der Waals surface area contributed by atoms with E-state index < -0.39 is 0 Å². The lowest BCUT2D eigenvalue weighted by atomic mass is 10.2. The molecule has 2 unspecified atom stereocenters. The maximum Gasteiger partial charge on any atom is 0.191 e. The van der Waals surface area contributed by atoms with Crippen molar-refractivity contribution in [2.24, 2.45) is 0 Å². The summed E-state index contributed by atoms with van der Waals surface area (Å²) >= 11 is 3.07. The average molecular weight is 274 g/mol. The number of nitrogen functional groups attached to an aromatic ring is 1. The number of nitrogens with one attached hydrogen (secondary N) is 1. The molecule has 1 heterocycles. The van der Waals surface area contributed by atoms with E-state index in [1.807, 2.05) is 19.4 Å². The van der Waals surface area contributed by atoms with E-state index in [1.54, 1.807) is 17.8 Å². The van der Waals surface area contributed by atoms with Crippen molar-refractivity contribution >= 4 is 35.2 Å². The van der Waals surface area contributed by atoms with Crippen LogP contribution >= 0.6 is 23.5 Å². The van der Waals surface area contributed by atoms with Crippen LogP contribution in [-0.2, 0) is 0 Å². The molecule has 0 amide bonds. The molecule has 1 rings (SSSR count). The average Bonchev–Trinajstić information content (AvgIpc) is 2.29. The van der Waals surface area contributed by atoms with E-state index in [0.717, 1.165) is 0 Å². The Morgan fingerprint density at radius 2 is 2.18 bits per heavy atom. The van der Waals surface area contributed by atoms with Gasteiger partial charge in [-0.3, -0.25) is 0 Å². The summed E-state index contributed by atoms with van der Waals surface area (Å²) in [6.07, 6.45) is 3.88. The van der Waals surface area contributed by atoms with E-state index in [4.69, 9.17) is 5.73 Å². The van der Waals surface area contributed by atoms with Crippen molar-refractivity contribution < 1.29 is 5.11 Å². The third-order valence-electron chi connectivity index (χ3n) is 2.32. The van der Waals surface area contributed by atoms with Gasteiger partial charge in [0.2, 0.25) is 0 Å². The molecule has 1 aromatic rings. The Balaban J connectivity index is 2.76. The van der Waals surface area contributed by atoms with Crippen LogP contribution in [0.4, 0.5) is 11.6 Å². The van der Waals surface area contributed by atoms with Gasteiger partial charge in [0.05, 0.1) is 6.61 Å². The number of nitrogens with two attached hydrogens (primary N) is 1. The highest BCUT2D eigenvalue weighted by atomic mass is 32.2. The van der Waals surface area contributed by atoms with Gasteiger partial charge in [-0.1, -0.05) is 11.8 Å². The van der Waals surface area contributed by atoms with Crippen molar-refractivity contribution in [3.8, 4) is 0 Å². The topological polar surface area (TPSA) is 84.1 Å². The number of hydrogen-bond acceptors (Lipinski definition) is 7. The molecule has 0 bridgehead atoms. The van der Waals surface area contributed by atoms with Crippen LogP contribution in [-0.4, -0.2) is 45.5 Å². The van der Waals surface area contributed by atoms with E-state index in [1.165, 1.54) is 11.8 Å². The zero-order chi connectivity index (χ0) is 12.8. The number of aliphatic hydroxyl groups is 1. The summed E-state index contributed by atoms with van der Waals surface area (Å²) in [4.78, 5) is 8.39. The molecule has 0 aliphatic heterocycles. The fraction of sp³-hybridized carbons (Fsp3) is 0.600. The quantitative estimate of drug-likeness (QED) is 0.532. The first-order valence-electron chi connectivity index (χ1n) is 5.19. The molecule has 4 N–H and O–H groups in total. The van der Waals surface area contributed by atoms with Crippen LogP contribution in [0.2, 0.25) is 0 Å². The maximum absolute atomic E-state index is 9.21. The van der Waals surface area contributed by atoms with Crippen LogP contribution in [0.25, 0.3) is 0 Å². The Kier molecular flexibility index (Phi) is 5.87. The molecule has 96 valence electrons. The van der Waals surface area contributed by atoms with E-state index in [-0.39, 0.29) is 17.9 Å². The molecule has 0 fully saturated rings. The van der Waals surface area contributed by atoms with Gasteiger partial charge < -0.3 is 16.2 Å². The monoisotopic (exact) mass is 274 g/mol. The van der Waals surface area contributed by atoms with E-state index in [9.17, 15) is 5.11 Å². The summed E-state index contributed by atoms with van der Waals surface area (Å²) in [6.45, 7) is 2.14. The van der Waals surface area contributed by atoms with Gasteiger partial charge in [0, 0.05) is 17.4 Å².